The minimum absolute atomic E-state index is 0.270. The summed E-state index contributed by atoms with van der Waals surface area (Å²) in [7, 11) is 1.76. The molecule has 6 N–H and O–H groups in total. The molecule has 0 fully saturated rings. The zero-order valence-electron chi connectivity index (χ0n) is 14.2. The third kappa shape index (κ3) is 3.40. The van der Waals surface area contributed by atoms with Crippen LogP contribution in [0, 0.1) is 0 Å². The molecule has 0 radical (unpaired) electrons. The van der Waals surface area contributed by atoms with Gasteiger partial charge in [0.1, 0.15) is 5.82 Å². The second-order valence-corrected chi connectivity index (χ2v) is 7.99. The third-order valence-electron chi connectivity index (χ3n) is 3.84. The molecular weight excluding hydrogens is 418 g/mol. The van der Waals surface area contributed by atoms with Crippen LogP contribution in [0.25, 0.3) is 10.9 Å². The molecule has 2 aromatic heterocycles. The van der Waals surface area contributed by atoms with Crippen molar-refractivity contribution in [3.63, 3.8) is 0 Å². The van der Waals surface area contributed by atoms with E-state index < -0.39 is 0 Å². The predicted octanol–water partition coefficient (Wildman–Crippen LogP) is 3.62. The topological polar surface area (TPSA) is 112 Å². The number of halogens is 1. The fourth-order valence-electron chi connectivity index (χ4n) is 2.67. The Hall–Kier alpha value is -2.52. The summed E-state index contributed by atoms with van der Waals surface area (Å²) in [6.07, 6.45) is 0. The molecule has 3 rings (SSSR count). The number of fused-ring (bicyclic) bond motifs is 1. The summed E-state index contributed by atoms with van der Waals surface area (Å²) in [5.74, 6) is -0.221. The molecule has 0 atom stereocenters. The number of hydrogen-bond donors (Lipinski definition) is 5. The fraction of sp³-hybridized carbons (Fsp3) is 0.176. The molecule has 1 aromatic carbocycles. The number of carbonyl (C=O) groups is 2. The van der Waals surface area contributed by atoms with Crippen molar-refractivity contribution in [1.82, 2.24) is 10.3 Å². The number of amides is 2. The highest BCUT2D eigenvalue weighted by Crippen LogP contribution is 2.33. The van der Waals surface area contributed by atoms with Gasteiger partial charge in [0.25, 0.3) is 11.8 Å². The van der Waals surface area contributed by atoms with E-state index in [2.05, 4.69) is 36.9 Å². The number of nitrogens with two attached hydrogens (primary N) is 1. The maximum absolute atomic E-state index is 12.6. The van der Waals surface area contributed by atoms with Crippen molar-refractivity contribution >= 4 is 67.2 Å². The number of aromatic nitrogens is 1. The summed E-state index contributed by atoms with van der Waals surface area (Å²) in [6, 6.07) is 7.05. The smallest absolute Gasteiger partial charge is 0.266 e. The van der Waals surface area contributed by atoms with Gasteiger partial charge < -0.3 is 26.7 Å². The van der Waals surface area contributed by atoms with E-state index in [0.29, 0.717) is 45.1 Å². The van der Waals surface area contributed by atoms with E-state index >= 15 is 0 Å². The Morgan fingerprint density at radius 2 is 2.04 bits per heavy atom. The molecule has 2 amide bonds. The minimum atomic E-state index is -0.292. The van der Waals surface area contributed by atoms with Gasteiger partial charge >= 0.3 is 0 Å². The lowest BCUT2D eigenvalue weighted by atomic mass is 10.1. The zero-order chi connectivity index (χ0) is 18.8. The summed E-state index contributed by atoms with van der Waals surface area (Å²) < 4.78 is 0.856. The number of carbonyl (C=O) groups excluding carboxylic acids is 2. The van der Waals surface area contributed by atoms with Crippen LogP contribution in [-0.2, 0) is 0 Å². The standard InChI is InChI=1S/C17H18BrN5O2S/c1-3-21-17(25)14-8-6-11(20-2)9(19)7-10(8)22-15(14)23-16(24)12-4-5-13(18)26-12/h4-7,20,22H,3,19H2,1-2H3,(H,21,25)(H,23,24). The molecule has 7 nitrogen and oxygen atoms in total. The van der Waals surface area contributed by atoms with E-state index in [-0.39, 0.29) is 11.8 Å². The largest absolute Gasteiger partial charge is 0.397 e. The molecule has 0 bridgehead atoms. The van der Waals surface area contributed by atoms with Gasteiger partial charge in [0.05, 0.1) is 31.1 Å². The quantitative estimate of drug-likeness (QED) is 0.394. The summed E-state index contributed by atoms with van der Waals surface area (Å²) in [5.41, 5.74) is 8.32. The van der Waals surface area contributed by atoms with Gasteiger partial charge in [-0.1, -0.05) is 0 Å². The molecular formula is C17H18BrN5O2S. The average Bonchev–Trinajstić information content (AvgIpc) is 3.17. The van der Waals surface area contributed by atoms with E-state index in [1.165, 1.54) is 11.3 Å². The molecule has 3 aromatic rings. The summed E-state index contributed by atoms with van der Waals surface area (Å²) >= 11 is 4.66. The van der Waals surface area contributed by atoms with Crippen LogP contribution in [0.4, 0.5) is 17.2 Å². The Kier molecular flexibility index (Phi) is 5.19. The molecule has 0 unspecified atom stereocenters. The van der Waals surface area contributed by atoms with Gasteiger partial charge in [-0.05, 0) is 47.1 Å². The van der Waals surface area contributed by atoms with Crippen molar-refractivity contribution in [2.45, 2.75) is 6.92 Å². The first-order chi connectivity index (χ1) is 12.4. The molecule has 0 aliphatic rings. The number of H-pyrrole nitrogens is 1. The fourth-order valence-corrected chi connectivity index (χ4v) is 3.95. The van der Waals surface area contributed by atoms with Gasteiger partial charge in [0, 0.05) is 19.0 Å². The lowest BCUT2D eigenvalue weighted by molar-refractivity contribution is 0.0958. The highest BCUT2D eigenvalue weighted by atomic mass is 79.9. The Balaban J connectivity index is 2.09. The van der Waals surface area contributed by atoms with Gasteiger partial charge in [-0.2, -0.15) is 0 Å². The van der Waals surface area contributed by atoms with Crippen LogP contribution in [0.1, 0.15) is 27.0 Å². The van der Waals surface area contributed by atoms with Crippen molar-refractivity contribution in [3.8, 4) is 0 Å². The number of hydrogen-bond acceptors (Lipinski definition) is 5. The summed E-state index contributed by atoms with van der Waals surface area (Å²) in [4.78, 5) is 28.8. The Bertz CT molecular complexity index is 995. The van der Waals surface area contributed by atoms with Crippen LogP contribution in [-0.4, -0.2) is 30.4 Å². The van der Waals surface area contributed by atoms with Crippen LogP contribution in [0.5, 0.6) is 0 Å². The number of benzene rings is 1. The second kappa shape index (κ2) is 7.38. The van der Waals surface area contributed by atoms with Crippen LogP contribution in [0.3, 0.4) is 0 Å². The molecule has 0 saturated heterocycles. The molecule has 2 heterocycles. The maximum atomic E-state index is 12.6. The van der Waals surface area contributed by atoms with Crippen molar-refractivity contribution < 1.29 is 9.59 Å². The van der Waals surface area contributed by atoms with Crippen molar-refractivity contribution in [2.75, 3.05) is 30.0 Å². The number of thiophene rings is 1. The van der Waals surface area contributed by atoms with Crippen molar-refractivity contribution in [3.05, 3.63) is 38.5 Å². The highest BCUT2D eigenvalue weighted by molar-refractivity contribution is 9.11. The van der Waals surface area contributed by atoms with E-state index in [9.17, 15) is 9.59 Å². The van der Waals surface area contributed by atoms with Gasteiger partial charge in [-0.25, -0.2) is 0 Å². The van der Waals surface area contributed by atoms with Crippen molar-refractivity contribution in [1.29, 1.82) is 0 Å². The molecule has 0 spiro atoms. The maximum Gasteiger partial charge on any atom is 0.266 e. The monoisotopic (exact) mass is 435 g/mol. The molecule has 9 heteroatoms. The number of nitrogens with one attached hydrogen (secondary N) is 4. The lowest BCUT2D eigenvalue weighted by Gasteiger charge is -2.07. The lowest BCUT2D eigenvalue weighted by Crippen LogP contribution is -2.24. The number of anilines is 3. The molecule has 26 heavy (non-hydrogen) atoms. The van der Waals surface area contributed by atoms with E-state index in [4.69, 9.17) is 5.73 Å². The van der Waals surface area contributed by atoms with Crippen LogP contribution in [0.15, 0.2) is 28.1 Å². The first-order valence-electron chi connectivity index (χ1n) is 7.92. The Labute approximate surface area is 162 Å². The van der Waals surface area contributed by atoms with Crippen LogP contribution < -0.4 is 21.7 Å². The first kappa shape index (κ1) is 18.3. The SMILES string of the molecule is CCNC(=O)c1c(NC(=O)c2ccc(Br)s2)[nH]c2cc(N)c(NC)cc12. The van der Waals surface area contributed by atoms with E-state index in [1.54, 1.807) is 31.3 Å². The van der Waals surface area contributed by atoms with Gasteiger partial charge in [0.2, 0.25) is 0 Å². The second-order valence-electron chi connectivity index (χ2n) is 5.53. The normalized spacial score (nSPS) is 10.7. The van der Waals surface area contributed by atoms with E-state index in [1.807, 2.05) is 6.92 Å². The molecule has 0 aliphatic carbocycles. The predicted molar refractivity (Wildman–Crippen MR) is 110 cm³/mol. The first-order valence-corrected chi connectivity index (χ1v) is 9.53. The van der Waals surface area contributed by atoms with Gasteiger partial charge in [0.15, 0.2) is 0 Å². The number of aromatic amines is 1. The van der Waals surface area contributed by atoms with Crippen LogP contribution >= 0.6 is 27.3 Å². The zero-order valence-corrected chi connectivity index (χ0v) is 16.6. The van der Waals surface area contributed by atoms with Gasteiger partial charge in [-0.15, -0.1) is 11.3 Å². The summed E-state index contributed by atoms with van der Waals surface area (Å²) in [5, 5.41) is 9.26. The highest BCUT2D eigenvalue weighted by Gasteiger charge is 2.21. The minimum Gasteiger partial charge on any atom is -0.397 e. The van der Waals surface area contributed by atoms with Gasteiger partial charge in [-0.3, -0.25) is 9.59 Å². The average molecular weight is 436 g/mol. The number of rotatable bonds is 5. The molecule has 136 valence electrons. The molecule has 0 saturated carbocycles. The Morgan fingerprint density at radius 3 is 2.65 bits per heavy atom. The molecule has 0 aliphatic heterocycles. The summed E-state index contributed by atoms with van der Waals surface area (Å²) in [6.45, 7) is 2.32. The van der Waals surface area contributed by atoms with Crippen molar-refractivity contribution in [2.24, 2.45) is 0 Å². The number of nitrogen functional groups attached to an aromatic ring is 1. The Morgan fingerprint density at radius 1 is 1.27 bits per heavy atom. The third-order valence-corrected chi connectivity index (χ3v) is 5.46. The van der Waals surface area contributed by atoms with Crippen LogP contribution in [0.2, 0.25) is 0 Å². The van der Waals surface area contributed by atoms with E-state index in [0.717, 1.165) is 3.79 Å².